The van der Waals surface area contributed by atoms with Gasteiger partial charge >= 0.3 is 11.9 Å². The van der Waals surface area contributed by atoms with E-state index >= 15 is 0 Å². The van der Waals surface area contributed by atoms with Gasteiger partial charge in [0.15, 0.2) is 0 Å². The van der Waals surface area contributed by atoms with Crippen LogP contribution in [0.4, 0.5) is 0 Å². The Balaban J connectivity index is 2.16. The van der Waals surface area contributed by atoms with Crippen LogP contribution in [0.15, 0.2) is 6.20 Å². The number of quaternary nitrogens is 1. The van der Waals surface area contributed by atoms with E-state index in [4.69, 9.17) is 9.47 Å². The van der Waals surface area contributed by atoms with Gasteiger partial charge in [0.2, 0.25) is 0 Å². The first-order valence-corrected chi connectivity index (χ1v) is 14.9. The lowest BCUT2D eigenvalue weighted by molar-refractivity contribution is -0.870. The van der Waals surface area contributed by atoms with Crippen LogP contribution in [0.3, 0.4) is 0 Å². The van der Waals surface area contributed by atoms with Gasteiger partial charge < -0.3 is 14.0 Å². The first-order valence-electron chi connectivity index (χ1n) is 12.7. The van der Waals surface area contributed by atoms with Crippen molar-refractivity contribution in [3.8, 4) is 0 Å². The molecule has 0 saturated heterocycles. The van der Waals surface area contributed by atoms with Crippen LogP contribution >= 0.6 is 24.7 Å². The molecule has 0 aliphatic carbocycles. The normalized spacial score (nSPS) is 14.3. The molecule has 35 heavy (non-hydrogen) atoms. The number of rotatable bonds is 18. The lowest BCUT2D eigenvalue weighted by atomic mass is 9.83. The number of ether oxygens (including phenoxy) is 2. The molecule has 1 aromatic heterocycles. The van der Waals surface area contributed by atoms with Crippen molar-refractivity contribution < 1.29 is 23.5 Å². The smallest absolute Gasteiger partial charge is 0.322 e. The predicted octanol–water partition coefficient (Wildman–Crippen LogP) is 4.99. The fourth-order valence-corrected chi connectivity index (χ4v) is 4.94. The minimum absolute atomic E-state index is 0.275. The zero-order valence-corrected chi connectivity index (χ0v) is 25.4. The van der Waals surface area contributed by atoms with Gasteiger partial charge in [-0.25, -0.2) is 4.45 Å². The number of aryl methyl sites for hydroxylation is 1. The molecule has 0 amide bonds. The van der Waals surface area contributed by atoms with Crippen molar-refractivity contribution in [2.75, 3.05) is 47.6 Å². The number of carbonyl (C=O) groups excluding carboxylic acids is 2. The highest BCUT2D eigenvalue weighted by Gasteiger charge is 2.42. The zero-order valence-electron chi connectivity index (χ0n) is 22.9. The number of unbranched alkanes of at least 4 members (excludes halogenated alkanes) is 6. The molecule has 0 radical (unpaired) electrons. The van der Waals surface area contributed by atoms with E-state index < -0.39 is 9.74 Å². The van der Waals surface area contributed by atoms with Crippen LogP contribution in [0.5, 0.6) is 0 Å². The van der Waals surface area contributed by atoms with Crippen molar-refractivity contribution in [1.82, 2.24) is 14.8 Å². The Labute approximate surface area is 222 Å². The average molecular weight is 579 g/mol. The Hall–Kier alpha value is -1.05. The minimum Gasteiger partial charge on any atom is -0.465 e. The third-order valence-electron chi connectivity index (χ3n) is 5.83. The van der Waals surface area contributed by atoms with Crippen LogP contribution in [0.2, 0.25) is 0 Å². The molecular weight excluding hydrogens is 531 g/mol. The lowest BCUT2D eigenvalue weighted by Gasteiger charge is -2.31. The summed E-state index contributed by atoms with van der Waals surface area (Å²) in [5.41, 5.74) is 0.293. The van der Waals surface area contributed by atoms with Gasteiger partial charge in [-0.2, -0.15) is 0 Å². The third kappa shape index (κ3) is 13.7. The first-order chi connectivity index (χ1) is 16.3. The van der Waals surface area contributed by atoms with Crippen LogP contribution in [0.1, 0.15) is 77.8 Å². The van der Waals surface area contributed by atoms with E-state index in [0.717, 1.165) is 44.3 Å². The maximum Gasteiger partial charge on any atom is 0.322 e. The van der Waals surface area contributed by atoms with Crippen LogP contribution < -0.4 is 0 Å². The molecule has 202 valence electrons. The highest BCUT2D eigenvalue weighted by Crippen LogP contribution is 2.36. The summed E-state index contributed by atoms with van der Waals surface area (Å²) in [7, 11) is 6.77. The largest absolute Gasteiger partial charge is 0.465 e. The van der Waals surface area contributed by atoms with Crippen molar-refractivity contribution in [3.05, 3.63) is 11.9 Å². The van der Waals surface area contributed by atoms with Gasteiger partial charge in [0, 0.05) is 8.73 Å². The van der Waals surface area contributed by atoms with Crippen molar-refractivity contribution in [3.63, 3.8) is 0 Å². The Morgan fingerprint density at radius 2 is 1.54 bits per heavy atom. The van der Waals surface area contributed by atoms with Crippen molar-refractivity contribution in [2.24, 2.45) is 5.41 Å². The number of halogens is 1. The van der Waals surface area contributed by atoms with Crippen LogP contribution in [0, 0.1) is 5.41 Å². The molecule has 0 N–H and O–H groups in total. The molecule has 1 aromatic rings. The molecule has 0 saturated carbocycles. The number of carbonyl (C=O) groups is 2. The third-order valence-corrected chi connectivity index (χ3v) is 7.11. The van der Waals surface area contributed by atoms with Crippen LogP contribution in [0.25, 0.3) is 0 Å². The Morgan fingerprint density at radius 1 is 0.971 bits per heavy atom. The summed E-state index contributed by atoms with van der Waals surface area (Å²) in [6.45, 7) is 8.97. The number of nitrogens with zero attached hydrogens (tertiary/aromatic N) is 4. The molecule has 2 atom stereocenters. The van der Waals surface area contributed by atoms with Gasteiger partial charge in [0.25, 0.3) is 0 Å². The standard InChI is InChI=1S/C25H47BrN4O4P/c1-24(2,20-25(3,26)23(32)34-18-16-30(4,5)6)22(31)33-17-14-12-10-8-9-11-13-15-21-19-29(35-7)28-27-21/h19,35H,8-18,20H2,1-7H3/q+1. The summed E-state index contributed by atoms with van der Waals surface area (Å²) in [5.74, 6) is -0.623. The monoisotopic (exact) mass is 577 g/mol. The summed E-state index contributed by atoms with van der Waals surface area (Å²) in [4.78, 5) is 25.2. The van der Waals surface area contributed by atoms with Crippen LogP contribution in [-0.2, 0) is 25.5 Å². The molecule has 1 heterocycles. The van der Waals surface area contributed by atoms with Gasteiger partial charge in [0.1, 0.15) is 17.5 Å². The SMILES string of the molecule is CPn1cc(CCCCCCCCCOC(=O)C(C)(C)CC(C)(Br)C(=O)OCC[N+](C)(C)C)nn1. The van der Waals surface area contributed by atoms with Crippen LogP contribution in [-0.4, -0.2) is 83.1 Å². The Bertz CT molecular complexity index is 778. The molecule has 2 unspecified atom stereocenters. The maximum absolute atomic E-state index is 12.6. The fourth-order valence-electron chi connectivity index (χ4n) is 3.71. The fraction of sp³-hybridized carbons (Fsp3) is 0.840. The topological polar surface area (TPSA) is 83.3 Å². The maximum atomic E-state index is 12.6. The lowest BCUT2D eigenvalue weighted by Crippen LogP contribution is -2.42. The van der Waals surface area contributed by atoms with E-state index in [9.17, 15) is 9.59 Å². The van der Waals surface area contributed by atoms with E-state index in [1.165, 1.54) is 19.3 Å². The number of hydrogen-bond acceptors (Lipinski definition) is 6. The second-order valence-electron chi connectivity index (χ2n) is 11.1. The minimum atomic E-state index is -0.937. The zero-order chi connectivity index (χ0) is 26.5. The molecule has 0 spiro atoms. The number of aromatic nitrogens is 3. The second kappa shape index (κ2) is 15.3. The number of hydrogen-bond donors (Lipinski definition) is 0. The number of likely N-dealkylation sites (N-methyl/N-ethyl adjacent to an activating group) is 1. The summed E-state index contributed by atoms with van der Waals surface area (Å²) in [6.07, 6.45) is 11.2. The summed E-state index contributed by atoms with van der Waals surface area (Å²) >= 11 is 3.48. The second-order valence-corrected chi connectivity index (χ2v) is 13.8. The molecule has 0 aliphatic heterocycles. The highest BCUT2D eigenvalue weighted by molar-refractivity contribution is 9.10. The van der Waals surface area contributed by atoms with Gasteiger partial charge in [-0.1, -0.05) is 53.2 Å². The van der Waals surface area contributed by atoms with Gasteiger partial charge in [0.05, 0.1) is 45.1 Å². The molecule has 1 rings (SSSR count). The average Bonchev–Trinajstić information content (AvgIpc) is 3.21. The van der Waals surface area contributed by atoms with E-state index in [0.29, 0.717) is 32.8 Å². The first kappa shape index (κ1) is 32.0. The highest BCUT2D eigenvalue weighted by atomic mass is 79.9. The van der Waals surface area contributed by atoms with Gasteiger partial charge in [-0.3, -0.25) is 9.59 Å². The molecule has 0 bridgehead atoms. The molecule has 10 heteroatoms. The Kier molecular flexibility index (Phi) is 13.9. The van der Waals surface area contributed by atoms with E-state index in [2.05, 4.69) is 32.9 Å². The summed E-state index contributed by atoms with van der Waals surface area (Å²) in [6, 6.07) is 0. The molecule has 8 nitrogen and oxygen atoms in total. The van der Waals surface area contributed by atoms with E-state index in [1.807, 2.05) is 45.6 Å². The summed E-state index contributed by atoms with van der Waals surface area (Å²) < 4.78 is 12.6. The van der Waals surface area contributed by atoms with Gasteiger partial charge in [-0.15, -0.1) is 5.10 Å². The Morgan fingerprint density at radius 3 is 2.11 bits per heavy atom. The predicted molar refractivity (Wildman–Crippen MR) is 146 cm³/mol. The number of esters is 2. The van der Waals surface area contributed by atoms with Crippen molar-refractivity contribution in [2.45, 2.75) is 82.9 Å². The van der Waals surface area contributed by atoms with Crippen molar-refractivity contribution in [1.29, 1.82) is 0 Å². The van der Waals surface area contributed by atoms with Gasteiger partial charge in [-0.05, 0) is 53.1 Å². The van der Waals surface area contributed by atoms with Crippen molar-refractivity contribution >= 4 is 36.6 Å². The summed E-state index contributed by atoms with van der Waals surface area (Å²) in [5, 5.41) is 8.27. The molecule has 0 aromatic carbocycles. The van der Waals surface area contributed by atoms with E-state index in [1.54, 1.807) is 6.92 Å². The molecular formula is C25H47BrN4O4P+. The van der Waals surface area contributed by atoms with E-state index in [-0.39, 0.29) is 11.9 Å². The quantitative estimate of drug-likeness (QED) is 0.0803. The molecule has 0 fully saturated rings. The molecule has 0 aliphatic rings. The number of alkyl halides is 1.